The number of allylic oxidation sites excluding steroid dienone is 1. The number of rotatable bonds is 9. The van der Waals surface area contributed by atoms with Crippen LogP contribution in [0.3, 0.4) is 0 Å². The van der Waals surface area contributed by atoms with E-state index < -0.39 is 24.0 Å². The molecule has 198 valence electrons. The van der Waals surface area contributed by atoms with Crippen molar-refractivity contribution in [3.05, 3.63) is 75.9 Å². The molecule has 4 rings (SSSR count). The lowest BCUT2D eigenvalue weighted by atomic mass is 10.0. The van der Waals surface area contributed by atoms with Gasteiger partial charge in [-0.2, -0.15) is 0 Å². The highest BCUT2D eigenvalue weighted by molar-refractivity contribution is 8.03. The number of nitrogens with zero attached hydrogens (tertiary/aromatic N) is 2. The van der Waals surface area contributed by atoms with Gasteiger partial charge < -0.3 is 25.3 Å². The normalized spacial score (nSPS) is 19.4. The molecular formula is C27H31ClFN3O4S. The van der Waals surface area contributed by atoms with Gasteiger partial charge in [-0.3, -0.25) is 9.59 Å². The third-order valence-corrected chi connectivity index (χ3v) is 8.23. The first-order valence-electron chi connectivity index (χ1n) is 12.3. The minimum absolute atomic E-state index is 0.227. The van der Waals surface area contributed by atoms with Gasteiger partial charge in [-0.15, -0.1) is 11.8 Å². The number of benzene rings is 2. The summed E-state index contributed by atoms with van der Waals surface area (Å²) in [6, 6.07) is 14.0. The molecule has 3 atom stereocenters. The van der Waals surface area contributed by atoms with Crippen LogP contribution in [0.4, 0.5) is 10.1 Å². The Balaban J connectivity index is 1.20. The summed E-state index contributed by atoms with van der Waals surface area (Å²) in [5.41, 5.74) is 1.96. The second-order valence-corrected chi connectivity index (χ2v) is 10.8. The zero-order chi connectivity index (χ0) is 26.4. The summed E-state index contributed by atoms with van der Waals surface area (Å²) in [4.78, 5) is 29.6. The zero-order valence-corrected chi connectivity index (χ0v) is 21.9. The molecule has 2 aromatic rings. The molecule has 2 amide bonds. The lowest BCUT2D eigenvalue weighted by molar-refractivity contribution is -0.153. The van der Waals surface area contributed by atoms with Crippen molar-refractivity contribution >= 4 is 40.9 Å². The average molecular weight is 548 g/mol. The molecule has 2 aromatic carbocycles. The van der Waals surface area contributed by atoms with Crippen LogP contribution in [0.15, 0.2) is 59.5 Å². The zero-order valence-electron chi connectivity index (χ0n) is 20.4. The highest BCUT2D eigenvalue weighted by Crippen LogP contribution is 2.31. The van der Waals surface area contributed by atoms with E-state index >= 15 is 0 Å². The summed E-state index contributed by atoms with van der Waals surface area (Å²) >= 11 is 7.89. The van der Waals surface area contributed by atoms with Crippen molar-refractivity contribution in [2.45, 2.75) is 25.0 Å². The number of amides is 2. The molecule has 1 unspecified atom stereocenters. The second-order valence-electron chi connectivity index (χ2n) is 9.24. The van der Waals surface area contributed by atoms with Crippen LogP contribution in [0.1, 0.15) is 12.0 Å². The average Bonchev–Trinajstić information content (AvgIpc) is 3.38. The fourth-order valence-corrected chi connectivity index (χ4v) is 5.88. The SMILES string of the molecule is O=C(NCC1=CC(CCc2ccc(F)cc2)CS1)[C@H](O)[C@@H](O)C(=O)N1CCN(c2ccccc2Cl)CC1. The van der Waals surface area contributed by atoms with Crippen molar-refractivity contribution in [1.82, 2.24) is 10.2 Å². The van der Waals surface area contributed by atoms with E-state index in [1.165, 1.54) is 17.0 Å². The fraction of sp³-hybridized carbons (Fsp3) is 0.407. The number of aliphatic hydroxyl groups excluding tert-OH is 2. The van der Waals surface area contributed by atoms with Gasteiger partial charge in [0.05, 0.1) is 10.7 Å². The van der Waals surface area contributed by atoms with E-state index in [4.69, 9.17) is 11.6 Å². The molecule has 37 heavy (non-hydrogen) atoms. The first kappa shape index (κ1) is 27.4. The number of carbonyl (C=O) groups excluding carboxylic acids is 2. The van der Waals surface area contributed by atoms with Crippen LogP contribution in [-0.4, -0.2) is 77.6 Å². The number of thioether (sulfide) groups is 1. The first-order chi connectivity index (χ1) is 17.8. The van der Waals surface area contributed by atoms with Gasteiger partial charge in [-0.1, -0.05) is 41.9 Å². The summed E-state index contributed by atoms with van der Waals surface area (Å²) in [6.07, 6.45) is 0.161. The van der Waals surface area contributed by atoms with Gasteiger partial charge in [-0.25, -0.2) is 4.39 Å². The number of carbonyl (C=O) groups is 2. The summed E-state index contributed by atoms with van der Waals surface area (Å²) in [7, 11) is 0. The number of halogens is 2. The molecule has 2 aliphatic rings. The molecule has 0 radical (unpaired) electrons. The number of aryl methyl sites for hydroxylation is 1. The number of aliphatic hydroxyl groups is 2. The predicted octanol–water partition coefficient (Wildman–Crippen LogP) is 2.85. The Morgan fingerprint density at radius 1 is 1.05 bits per heavy atom. The number of hydrogen-bond acceptors (Lipinski definition) is 6. The maximum atomic E-state index is 13.1. The molecule has 7 nitrogen and oxygen atoms in total. The molecule has 0 aromatic heterocycles. The van der Waals surface area contributed by atoms with Crippen LogP contribution in [0, 0.1) is 11.7 Å². The molecule has 0 saturated carbocycles. The van der Waals surface area contributed by atoms with Crippen LogP contribution in [0.25, 0.3) is 0 Å². The van der Waals surface area contributed by atoms with Crippen molar-refractivity contribution in [3.8, 4) is 0 Å². The smallest absolute Gasteiger partial charge is 0.254 e. The van der Waals surface area contributed by atoms with Crippen molar-refractivity contribution in [2.75, 3.05) is 43.4 Å². The molecule has 2 aliphatic heterocycles. The number of piperazine rings is 1. The van der Waals surface area contributed by atoms with Crippen LogP contribution < -0.4 is 10.2 Å². The van der Waals surface area contributed by atoms with Gasteiger partial charge in [0.15, 0.2) is 12.2 Å². The van der Waals surface area contributed by atoms with Crippen molar-refractivity contribution in [2.24, 2.45) is 5.92 Å². The van der Waals surface area contributed by atoms with E-state index in [0.717, 1.165) is 34.8 Å². The summed E-state index contributed by atoms with van der Waals surface area (Å²) in [5.74, 6) is -0.480. The molecule has 2 heterocycles. The van der Waals surface area contributed by atoms with Gasteiger partial charge in [0.2, 0.25) is 0 Å². The van der Waals surface area contributed by atoms with E-state index in [1.807, 2.05) is 18.2 Å². The van der Waals surface area contributed by atoms with Crippen molar-refractivity contribution in [1.29, 1.82) is 0 Å². The number of para-hydroxylation sites is 1. The highest BCUT2D eigenvalue weighted by Gasteiger charge is 2.35. The minimum atomic E-state index is -1.85. The van der Waals surface area contributed by atoms with Gasteiger partial charge in [-0.05, 0) is 48.6 Å². The third-order valence-electron chi connectivity index (χ3n) is 6.66. The quantitative estimate of drug-likeness (QED) is 0.447. The Labute approximate surface area is 225 Å². The predicted molar refractivity (Wildman–Crippen MR) is 144 cm³/mol. The number of anilines is 1. The van der Waals surface area contributed by atoms with Crippen LogP contribution >= 0.6 is 23.4 Å². The summed E-state index contributed by atoms with van der Waals surface area (Å²) in [6.45, 7) is 1.97. The Kier molecular flexibility index (Phi) is 9.48. The number of nitrogens with one attached hydrogen (secondary N) is 1. The molecule has 3 N–H and O–H groups in total. The van der Waals surface area contributed by atoms with E-state index in [9.17, 15) is 24.2 Å². The van der Waals surface area contributed by atoms with E-state index in [0.29, 0.717) is 37.1 Å². The maximum absolute atomic E-state index is 13.1. The molecule has 1 fully saturated rings. The lowest BCUT2D eigenvalue weighted by Crippen LogP contribution is -2.55. The Bertz CT molecular complexity index is 1120. The first-order valence-corrected chi connectivity index (χ1v) is 13.7. The Hall–Kier alpha value is -2.59. The topological polar surface area (TPSA) is 93.1 Å². The van der Waals surface area contributed by atoms with Crippen molar-refractivity contribution < 1.29 is 24.2 Å². The minimum Gasteiger partial charge on any atom is -0.380 e. The molecule has 0 spiro atoms. The molecule has 1 saturated heterocycles. The molecule has 0 aliphatic carbocycles. The summed E-state index contributed by atoms with van der Waals surface area (Å²) < 4.78 is 13.1. The second kappa shape index (κ2) is 12.8. The summed E-state index contributed by atoms with van der Waals surface area (Å²) in [5, 5.41) is 24.0. The van der Waals surface area contributed by atoms with Crippen molar-refractivity contribution in [3.63, 3.8) is 0 Å². The van der Waals surface area contributed by atoms with E-state index in [2.05, 4.69) is 16.3 Å². The van der Waals surface area contributed by atoms with Crippen LogP contribution in [0.2, 0.25) is 5.02 Å². The fourth-order valence-electron chi connectivity index (χ4n) is 4.47. The third kappa shape index (κ3) is 7.25. The standard InChI is InChI=1S/C27H31ClFN3O4S/c28-22-3-1-2-4-23(22)31-11-13-32(14-12-31)27(36)25(34)24(33)26(35)30-16-21-15-19(17-37-21)6-5-18-7-9-20(29)10-8-18/h1-4,7-10,15,19,24-25,33-34H,5-6,11-14,16-17H2,(H,30,35)/t19?,24-,25-/m1/s1. The highest BCUT2D eigenvalue weighted by atomic mass is 35.5. The Morgan fingerprint density at radius 3 is 2.46 bits per heavy atom. The largest absolute Gasteiger partial charge is 0.380 e. The van der Waals surface area contributed by atoms with E-state index in [-0.39, 0.29) is 12.4 Å². The molecule has 0 bridgehead atoms. The maximum Gasteiger partial charge on any atom is 0.254 e. The van der Waals surface area contributed by atoms with Crippen LogP contribution in [-0.2, 0) is 16.0 Å². The Morgan fingerprint density at radius 2 is 1.76 bits per heavy atom. The van der Waals surface area contributed by atoms with E-state index in [1.54, 1.807) is 30.0 Å². The van der Waals surface area contributed by atoms with Gasteiger partial charge in [0.1, 0.15) is 5.82 Å². The van der Waals surface area contributed by atoms with Gasteiger partial charge >= 0.3 is 0 Å². The monoisotopic (exact) mass is 547 g/mol. The lowest BCUT2D eigenvalue weighted by Gasteiger charge is -2.37. The van der Waals surface area contributed by atoms with Gasteiger partial charge in [0, 0.05) is 43.4 Å². The molecular weight excluding hydrogens is 517 g/mol. The van der Waals surface area contributed by atoms with Crippen LogP contribution in [0.5, 0.6) is 0 Å². The number of hydrogen-bond donors (Lipinski definition) is 3. The molecule has 10 heteroatoms. The van der Waals surface area contributed by atoms with Gasteiger partial charge in [0.25, 0.3) is 11.8 Å².